The van der Waals surface area contributed by atoms with Crippen LogP contribution in [0.4, 0.5) is 0 Å². The third-order valence-electron chi connectivity index (χ3n) is 4.40. The lowest BCUT2D eigenvalue weighted by molar-refractivity contribution is -0.144. The average molecular weight is 335 g/mol. The van der Waals surface area contributed by atoms with Gasteiger partial charge in [0.2, 0.25) is 0 Å². The van der Waals surface area contributed by atoms with Crippen LogP contribution in [0.2, 0.25) is 0 Å². The number of aryl methyl sites for hydroxylation is 1. The Balaban J connectivity index is 2.06. The highest BCUT2D eigenvalue weighted by Gasteiger charge is 2.11. The molecule has 0 radical (unpaired) electrons. The quantitative estimate of drug-likeness (QED) is 0.424. The van der Waals surface area contributed by atoms with E-state index in [9.17, 15) is 4.79 Å². The second-order valence-electron chi connectivity index (χ2n) is 6.67. The fourth-order valence-corrected chi connectivity index (χ4v) is 2.81. The first-order chi connectivity index (χ1) is 11.6. The monoisotopic (exact) mass is 334 g/mol. The van der Waals surface area contributed by atoms with Gasteiger partial charge in [0.05, 0.1) is 0 Å². The smallest absolute Gasteiger partial charge is 0.344 e. The molecule has 1 N–H and O–H groups in total. The van der Waals surface area contributed by atoms with Gasteiger partial charge in [0.25, 0.3) is 0 Å². The van der Waals surface area contributed by atoms with Gasteiger partial charge >= 0.3 is 5.97 Å². The van der Waals surface area contributed by atoms with Crippen molar-refractivity contribution in [3.8, 4) is 5.75 Å². The Bertz CT molecular complexity index is 439. The minimum absolute atomic E-state index is 0.622. The van der Waals surface area contributed by atoms with Crippen LogP contribution in [0.5, 0.6) is 5.75 Å². The van der Waals surface area contributed by atoms with E-state index in [0.29, 0.717) is 5.75 Å². The Hall–Kier alpha value is -1.51. The molecule has 0 aliphatic rings. The van der Waals surface area contributed by atoms with Gasteiger partial charge in [-0.15, -0.1) is 0 Å². The maximum absolute atomic E-state index is 10.8. The number of hydrogen-bond donors (Lipinski definition) is 1. The van der Waals surface area contributed by atoms with Crippen LogP contribution in [0.3, 0.4) is 0 Å². The van der Waals surface area contributed by atoms with Crippen LogP contribution in [0.25, 0.3) is 0 Å². The summed E-state index contributed by atoms with van der Waals surface area (Å²) in [7, 11) is 0. The number of ether oxygens (including phenoxy) is 1. The van der Waals surface area contributed by atoms with Crippen LogP contribution in [-0.2, 0) is 11.2 Å². The van der Waals surface area contributed by atoms with Gasteiger partial charge in [-0.3, -0.25) is 0 Å². The number of carboxylic acid groups (broad SMARTS) is 1. The number of unbranched alkanes of at least 4 members (excludes halogenated alkanes) is 9. The Labute approximate surface area is 147 Å². The van der Waals surface area contributed by atoms with Crippen molar-refractivity contribution in [2.45, 2.75) is 90.6 Å². The van der Waals surface area contributed by atoms with Crippen molar-refractivity contribution in [2.75, 3.05) is 0 Å². The zero-order valence-corrected chi connectivity index (χ0v) is 15.4. The molecular formula is C21H34O3. The van der Waals surface area contributed by atoms with Crippen LogP contribution in [-0.4, -0.2) is 17.2 Å². The van der Waals surface area contributed by atoms with Gasteiger partial charge in [0.15, 0.2) is 6.10 Å². The van der Waals surface area contributed by atoms with Crippen LogP contribution < -0.4 is 4.74 Å². The Morgan fingerprint density at radius 2 is 1.42 bits per heavy atom. The van der Waals surface area contributed by atoms with Gasteiger partial charge in [-0.05, 0) is 37.5 Å². The second kappa shape index (κ2) is 12.9. The zero-order chi connectivity index (χ0) is 17.6. The number of hydrogen-bond acceptors (Lipinski definition) is 2. The van der Waals surface area contributed by atoms with Crippen molar-refractivity contribution in [3.63, 3.8) is 0 Å². The SMILES string of the molecule is CCCCCCCCCCCCc1ccc(OC(C)C(=O)O)cc1. The summed E-state index contributed by atoms with van der Waals surface area (Å²) in [5.74, 6) is -0.318. The molecule has 0 aliphatic carbocycles. The van der Waals surface area contributed by atoms with Crippen molar-refractivity contribution in [1.82, 2.24) is 0 Å². The second-order valence-corrected chi connectivity index (χ2v) is 6.67. The Morgan fingerprint density at radius 3 is 1.92 bits per heavy atom. The summed E-state index contributed by atoms with van der Waals surface area (Å²) >= 11 is 0. The van der Waals surface area contributed by atoms with Gasteiger partial charge in [-0.2, -0.15) is 0 Å². The highest BCUT2D eigenvalue weighted by Crippen LogP contribution is 2.16. The molecule has 0 heterocycles. The number of carbonyl (C=O) groups is 1. The summed E-state index contributed by atoms with van der Waals surface area (Å²) in [5, 5.41) is 8.83. The molecule has 0 saturated carbocycles. The summed E-state index contributed by atoms with van der Waals surface area (Å²) in [5.41, 5.74) is 1.30. The summed E-state index contributed by atoms with van der Waals surface area (Å²) in [6.45, 7) is 3.80. The molecule has 24 heavy (non-hydrogen) atoms. The molecule has 0 saturated heterocycles. The van der Waals surface area contributed by atoms with E-state index >= 15 is 0 Å². The largest absolute Gasteiger partial charge is 0.479 e. The van der Waals surface area contributed by atoms with E-state index in [1.54, 1.807) is 6.92 Å². The predicted molar refractivity (Wildman–Crippen MR) is 99.7 cm³/mol. The fourth-order valence-electron chi connectivity index (χ4n) is 2.81. The van der Waals surface area contributed by atoms with E-state index in [-0.39, 0.29) is 0 Å². The normalized spacial score (nSPS) is 12.1. The molecule has 1 atom stereocenters. The van der Waals surface area contributed by atoms with Crippen LogP contribution in [0, 0.1) is 0 Å². The van der Waals surface area contributed by atoms with Gasteiger partial charge in [-0.1, -0.05) is 76.8 Å². The van der Waals surface area contributed by atoms with Crippen molar-refractivity contribution < 1.29 is 14.6 Å². The van der Waals surface area contributed by atoms with E-state index in [0.717, 1.165) is 6.42 Å². The van der Waals surface area contributed by atoms with Crippen molar-refractivity contribution in [2.24, 2.45) is 0 Å². The van der Waals surface area contributed by atoms with Crippen LogP contribution in [0.15, 0.2) is 24.3 Å². The minimum Gasteiger partial charge on any atom is -0.479 e. The molecule has 0 amide bonds. The standard InChI is InChI=1S/C21H34O3/c1-3-4-5-6-7-8-9-10-11-12-13-19-14-16-20(17-15-19)24-18(2)21(22)23/h14-18H,3-13H2,1-2H3,(H,22,23). The van der Waals surface area contributed by atoms with E-state index in [1.807, 2.05) is 24.3 Å². The van der Waals surface area contributed by atoms with Gasteiger partial charge in [0.1, 0.15) is 5.75 Å². The molecule has 0 fully saturated rings. The molecule has 0 aromatic heterocycles. The Morgan fingerprint density at radius 1 is 0.917 bits per heavy atom. The third kappa shape index (κ3) is 9.59. The molecule has 0 spiro atoms. The number of aliphatic carboxylic acids is 1. The maximum Gasteiger partial charge on any atom is 0.344 e. The molecule has 1 aromatic rings. The van der Waals surface area contributed by atoms with Crippen LogP contribution >= 0.6 is 0 Å². The Kier molecular flexibility index (Phi) is 11.0. The van der Waals surface area contributed by atoms with Gasteiger partial charge in [-0.25, -0.2) is 4.79 Å². The van der Waals surface area contributed by atoms with Crippen molar-refractivity contribution in [3.05, 3.63) is 29.8 Å². The van der Waals surface area contributed by atoms with Gasteiger partial charge < -0.3 is 9.84 Å². The first kappa shape index (κ1) is 20.5. The molecule has 3 heteroatoms. The fraction of sp³-hybridized carbons (Fsp3) is 0.667. The highest BCUT2D eigenvalue weighted by atomic mass is 16.5. The number of carboxylic acids is 1. The number of rotatable bonds is 14. The minimum atomic E-state index is -0.940. The molecular weight excluding hydrogens is 300 g/mol. The molecule has 3 nitrogen and oxygen atoms in total. The molecule has 1 unspecified atom stereocenters. The summed E-state index contributed by atoms with van der Waals surface area (Å²) in [6.07, 6.45) is 13.8. The molecule has 1 aromatic carbocycles. The third-order valence-corrected chi connectivity index (χ3v) is 4.40. The lowest BCUT2D eigenvalue weighted by Crippen LogP contribution is -2.22. The van der Waals surface area contributed by atoms with Crippen molar-refractivity contribution in [1.29, 1.82) is 0 Å². The topological polar surface area (TPSA) is 46.5 Å². The zero-order valence-electron chi connectivity index (χ0n) is 15.4. The first-order valence-electron chi connectivity index (χ1n) is 9.62. The summed E-state index contributed by atoms with van der Waals surface area (Å²) in [6, 6.07) is 7.81. The predicted octanol–water partition coefficient (Wildman–Crippen LogP) is 6.00. The molecule has 0 bridgehead atoms. The molecule has 0 aliphatic heterocycles. The number of benzene rings is 1. The summed E-state index contributed by atoms with van der Waals surface area (Å²) < 4.78 is 5.34. The highest BCUT2D eigenvalue weighted by molar-refractivity contribution is 5.72. The van der Waals surface area contributed by atoms with E-state index < -0.39 is 12.1 Å². The summed E-state index contributed by atoms with van der Waals surface area (Å²) in [4.78, 5) is 10.8. The van der Waals surface area contributed by atoms with E-state index in [1.165, 1.54) is 69.8 Å². The first-order valence-corrected chi connectivity index (χ1v) is 9.62. The lowest BCUT2D eigenvalue weighted by Gasteiger charge is -2.10. The molecule has 136 valence electrons. The molecule has 1 rings (SSSR count). The lowest BCUT2D eigenvalue weighted by atomic mass is 10.0. The average Bonchev–Trinajstić information content (AvgIpc) is 2.58. The van der Waals surface area contributed by atoms with Gasteiger partial charge in [0, 0.05) is 0 Å². The van der Waals surface area contributed by atoms with E-state index in [2.05, 4.69) is 6.92 Å². The maximum atomic E-state index is 10.8. The van der Waals surface area contributed by atoms with Crippen molar-refractivity contribution >= 4 is 5.97 Å². The van der Waals surface area contributed by atoms with Crippen LogP contribution in [0.1, 0.15) is 83.6 Å². The van der Waals surface area contributed by atoms with E-state index in [4.69, 9.17) is 9.84 Å².